The Labute approximate surface area is 166 Å². The van der Waals surface area contributed by atoms with Crippen LogP contribution in [0.15, 0.2) is 53.4 Å². The first-order chi connectivity index (χ1) is 13.3. The Morgan fingerprint density at radius 1 is 1.18 bits per heavy atom. The van der Waals surface area contributed by atoms with Gasteiger partial charge in [-0.2, -0.15) is 0 Å². The van der Waals surface area contributed by atoms with Gasteiger partial charge in [0.1, 0.15) is 5.75 Å². The summed E-state index contributed by atoms with van der Waals surface area (Å²) in [5.41, 5.74) is 0.954. The fourth-order valence-corrected chi connectivity index (χ4v) is 4.62. The molecule has 3 rings (SSSR count). The number of rotatable bonds is 5. The van der Waals surface area contributed by atoms with Crippen molar-refractivity contribution in [1.82, 2.24) is 4.90 Å². The lowest BCUT2D eigenvalue weighted by atomic mass is 9.99. The second-order valence-corrected chi connectivity index (χ2v) is 9.17. The molecule has 0 aliphatic carbocycles. The SMILES string of the molecule is COc1ccc(S(=O)(=O)N(C)c2cccc(C(=O)N3CCC[C@H](C)C3)c2)cc1. The number of amides is 1. The third kappa shape index (κ3) is 4.14. The molecule has 1 aliphatic heterocycles. The van der Waals surface area contributed by atoms with Crippen LogP contribution < -0.4 is 9.04 Å². The second kappa shape index (κ2) is 8.22. The number of ether oxygens (including phenoxy) is 1. The molecule has 1 atom stereocenters. The lowest BCUT2D eigenvalue weighted by molar-refractivity contribution is 0.0683. The van der Waals surface area contributed by atoms with Gasteiger partial charge in [-0.05, 0) is 61.2 Å². The molecule has 28 heavy (non-hydrogen) atoms. The van der Waals surface area contributed by atoms with Crippen molar-refractivity contribution in [1.29, 1.82) is 0 Å². The highest BCUT2D eigenvalue weighted by Gasteiger charge is 2.25. The van der Waals surface area contributed by atoms with E-state index in [1.54, 1.807) is 36.4 Å². The van der Waals surface area contributed by atoms with E-state index in [2.05, 4.69) is 6.92 Å². The third-order valence-electron chi connectivity index (χ3n) is 5.12. The fraction of sp³-hybridized carbons (Fsp3) is 0.381. The average molecular weight is 403 g/mol. The summed E-state index contributed by atoms with van der Waals surface area (Å²) in [6.45, 7) is 3.63. The Bertz CT molecular complexity index is 941. The van der Waals surface area contributed by atoms with E-state index in [0.717, 1.165) is 25.9 Å². The van der Waals surface area contributed by atoms with Crippen molar-refractivity contribution < 1.29 is 17.9 Å². The molecule has 2 aromatic rings. The van der Waals surface area contributed by atoms with Gasteiger partial charge in [0, 0.05) is 25.7 Å². The van der Waals surface area contributed by atoms with Gasteiger partial charge >= 0.3 is 0 Å². The van der Waals surface area contributed by atoms with E-state index in [-0.39, 0.29) is 10.8 Å². The number of benzene rings is 2. The van der Waals surface area contributed by atoms with Gasteiger partial charge in [0.05, 0.1) is 17.7 Å². The van der Waals surface area contributed by atoms with Gasteiger partial charge in [-0.15, -0.1) is 0 Å². The van der Waals surface area contributed by atoms with Crippen LogP contribution in [0.2, 0.25) is 0 Å². The van der Waals surface area contributed by atoms with Crippen LogP contribution in [0, 0.1) is 5.92 Å². The van der Waals surface area contributed by atoms with E-state index >= 15 is 0 Å². The van der Waals surface area contributed by atoms with Crippen molar-refractivity contribution in [2.75, 3.05) is 31.6 Å². The summed E-state index contributed by atoms with van der Waals surface area (Å²) in [4.78, 5) is 14.9. The Morgan fingerprint density at radius 2 is 1.89 bits per heavy atom. The summed E-state index contributed by atoms with van der Waals surface area (Å²) in [6.07, 6.45) is 2.13. The number of nitrogens with zero attached hydrogens (tertiary/aromatic N) is 2. The van der Waals surface area contributed by atoms with Crippen molar-refractivity contribution in [2.45, 2.75) is 24.7 Å². The zero-order valence-electron chi connectivity index (χ0n) is 16.5. The monoisotopic (exact) mass is 402 g/mol. The molecular formula is C21H26N2O4S. The number of sulfonamides is 1. The molecule has 1 fully saturated rings. The van der Waals surface area contributed by atoms with E-state index in [1.165, 1.54) is 30.6 Å². The number of hydrogen-bond donors (Lipinski definition) is 0. The van der Waals surface area contributed by atoms with Gasteiger partial charge in [0.2, 0.25) is 0 Å². The number of likely N-dealkylation sites (tertiary alicyclic amines) is 1. The van der Waals surface area contributed by atoms with E-state index in [1.807, 2.05) is 4.90 Å². The van der Waals surface area contributed by atoms with Gasteiger partial charge in [0.15, 0.2) is 0 Å². The molecule has 0 spiro atoms. The molecule has 7 heteroatoms. The number of carbonyl (C=O) groups excluding carboxylic acids is 1. The number of hydrogen-bond acceptors (Lipinski definition) is 4. The van der Waals surface area contributed by atoms with Crippen LogP contribution in [0.3, 0.4) is 0 Å². The number of carbonyl (C=O) groups is 1. The van der Waals surface area contributed by atoms with Gasteiger partial charge in [-0.1, -0.05) is 13.0 Å². The van der Waals surface area contributed by atoms with E-state index < -0.39 is 10.0 Å². The maximum Gasteiger partial charge on any atom is 0.264 e. The van der Waals surface area contributed by atoms with E-state index in [4.69, 9.17) is 4.74 Å². The van der Waals surface area contributed by atoms with Crippen LogP contribution in [0.4, 0.5) is 5.69 Å². The maximum absolute atomic E-state index is 12.9. The van der Waals surface area contributed by atoms with Gasteiger partial charge in [-0.25, -0.2) is 8.42 Å². The van der Waals surface area contributed by atoms with Gasteiger partial charge in [-0.3, -0.25) is 9.10 Å². The summed E-state index contributed by atoms with van der Waals surface area (Å²) in [5.74, 6) is 1.02. The first kappa shape index (κ1) is 20.2. The molecule has 1 heterocycles. The van der Waals surface area contributed by atoms with Crippen LogP contribution in [-0.4, -0.2) is 46.5 Å². The van der Waals surface area contributed by atoms with Crippen LogP contribution >= 0.6 is 0 Å². The van der Waals surface area contributed by atoms with Crippen LogP contribution in [0.1, 0.15) is 30.1 Å². The highest BCUT2D eigenvalue weighted by atomic mass is 32.2. The van der Waals surface area contributed by atoms with Crippen molar-refractivity contribution in [3.63, 3.8) is 0 Å². The van der Waals surface area contributed by atoms with Crippen LogP contribution in [0.25, 0.3) is 0 Å². The van der Waals surface area contributed by atoms with Crippen LogP contribution in [0.5, 0.6) is 5.75 Å². The first-order valence-electron chi connectivity index (χ1n) is 9.35. The molecule has 0 aromatic heterocycles. The number of methoxy groups -OCH3 is 1. The number of anilines is 1. The minimum Gasteiger partial charge on any atom is -0.497 e. The summed E-state index contributed by atoms with van der Waals surface area (Å²) < 4.78 is 32.2. The van der Waals surface area contributed by atoms with E-state index in [9.17, 15) is 13.2 Å². The molecule has 0 radical (unpaired) electrons. The fourth-order valence-electron chi connectivity index (χ4n) is 3.44. The lowest BCUT2D eigenvalue weighted by Gasteiger charge is -2.31. The van der Waals surface area contributed by atoms with Crippen molar-refractivity contribution in [3.05, 3.63) is 54.1 Å². The van der Waals surface area contributed by atoms with E-state index in [0.29, 0.717) is 22.9 Å². The summed E-state index contributed by atoms with van der Waals surface area (Å²) >= 11 is 0. The minimum absolute atomic E-state index is 0.0522. The quantitative estimate of drug-likeness (QED) is 0.769. The molecule has 2 aromatic carbocycles. The van der Waals surface area contributed by atoms with Gasteiger partial charge < -0.3 is 9.64 Å². The predicted molar refractivity (Wildman–Crippen MR) is 109 cm³/mol. The molecule has 0 saturated carbocycles. The Hall–Kier alpha value is -2.54. The zero-order valence-corrected chi connectivity index (χ0v) is 17.3. The Kier molecular flexibility index (Phi) is 5.93. The Balaban J connectivity index is 1.84. The van der Waals surface area contributed by atoms with Gasteiger partial charge in [0.25, 0.3) is 15.9 Å². The van der Waals surface area contributed by atoms with Crippen molar-refractivity contribution in [2.24, 2.45) is 5.92 Å². The summed E-state index contributed by atoms with van der Waals surface area (Å²) in [5, 5.41) is 0. The molecule has 1 saturated heterocycles. The molecule has 1 amide bonds. The lowest BCUT2D eigenvalue weighted by Crippen LogP contribution is -2.39. The predicted octanol–water partition coefficient (Wildman–Crippen LogP) is 3.39. The summed E-state index contributed by atoms with van der Waals surface area (Å²) in [6, 6.07) is 13.0. The molecule has 0 unspecified atom stereocenters. The zero-order chi connectivity index (χ0) is 20.3. The third-order valence-corrected chi connectivity index (χ3v) is 6.92. The van der Waals surface area contributed by atoms with Crippen molar-refractivity contribution >= 4 is 21.6 Å². The normalized spacial score (nSPS) is 17.2. The van der Waals surface area contributed by atoms with Crippen LogP contribution in [-0.2, 0) is 10.0 Å². The highest BCUT2D eigenvalue weighted by molar-refractivity contribution is 7.92. The number of piperidine rings is 1. The molecule has 150 valence electrons. The standard InChI is InChI=1S/C21H26N2O4S/c1-16-6-5-13-23(15-16)21(24)17-7-4-8-18(14-17)22(2)28(25,26)20-11-9-19(27-3)10-12-20/h4,7-12,14,16H,5-6,13,15H2,1-3H3/t16-/m0/s1. The molecule has 0 bridgehead atoms. The maximum atomic E-state index is 12.9. The first-order valence-corrected chi connectivity index (χ1v) is 10.8. The average Bonchev–Trinajstić information content (AvgIpc) is 2.72. The highest BCUT2D eigenvalue weighted by Crippen LogP contribution is 2.25. The second-order valence-electron chi connectivity index (χ2n) is 7.20. The minimum atomic E-state index is -3.74. The smallest absolute Gasteiger partial charge is 0.264 e. The summed E-state index contributed by atoms with van der Waals surface area (Å²) in [7, 11) is -0.719. The molecule has 1 aliphatic rings. The molecule has 0 N–H and O–H groups in total. The molecule has 6 nitrogen and oxygen atoms in total. The topological polar surface area (TPSA) is 66.9 Å². The largest absolute Gasteiger partial charge is 0.497 e. The van der Waals surface area contributed by atoms with Crippen molar-refractivity contribution in [3.8, 4) is 5.75 Å². The molecular weight excluding hydrogens is 376 g/mol. The Morgan fingerprint density at radius 3 is 2.54 bits per heavy atom.